The van der Waals surface area contributed by atoms with Gasteiger partial charge >= 0.3 is 0 Å². The third kappa shape index (κ3) is 5.04. The second-order valence-corrected chi connectivity index (χ2v) is 5.90. The van der Waals surface area contributed by atoms with Crippen molar-refractivity contribution in [3.63, 3.8) is 0 Å². The Labute approximate surface area is 147 Å². The molecule has 0 aromatic heterocycles. The van der Waals surface area contributed by atoms with Crippen molar-refractivity contribution in [2.75, 3.05) is 5.32 Å². The molecule has 0 bridgehead atoms. The number of nitrogens with one attached hydrogen (secondary N) is 1. The van der Waals surface area contributed by atoms with Gasteiger partial charge in [-0.25, -0.2) is 0 Å². The van der Waals surface area contributed by atoms with Crippen LogP contribution in [0.4, 0.5) is 11.4 Å². The molecule has 25 heavy (non-hydrogen) atoms. The van der Waals surface area contributed by atoms with Crippen molar-refractivity contribution in [2.45, 2.75) is 39.7 Å². The molecule has 0 aliphatic heterocycles. The molecule has 0 aliphatic rings. The van der Waals surface area contributed by atoms with Crippen LogP contribution in [0.3, 0.4) is 0 Å². The molecule has 1 amide bonds. The molecular formula is C19H22N2O4. The second kappa shape index (κ2) is 8.28. The SMILES string of the molecule is CCCc1ccc(OC(C)C(=O)Nc2ccc(C)c([N+](=O)[O-])c2)cc1. The maximum Gasteiger partial charge on any atom is 0.274 e. The van der Waals surface area contributed by atoms with E-state index >= 15 is 0 Å². The Hall–Kier alpha value is -2.89. The van der Waals surface area contributed by atoms with Crippen molar-refractivity contribution in [1.82, 2.24) is 0 Å². The normalized spacial score (nSPS) is 11.6. The summed E-state index contributed by atoms with van der Waals surface area (Å²) >= 11 is 0. The number of aryl methyl sites for hydroxylation is 2. The molecule has 1 atom stereocenters. The smallest absolute Gasteiger partial charge is 0.274 e. The Morgan fingerprint density at radius 2 is 1.92 bits per heavy atom. The van der Waals surface area contributed by atoms with Crippen LogP contribution in [0.15, 0.2) is 42.5 Å². The zero-order valence-corrected chi connectivity index (χ0v) is 14.6. The van der Waals surface area contributed by atoms with Crippen molar-refractivity contribution in [3.8, 4) is 5.75 Å². The van der Waals surface area contributed by atoms with Crippen LogP contribution >= 0.6 is 0 Å². The largest absolute Gasteiger partial charge is 0.481 e. The predicted octanol–water partition coefficient (Wildman–Crippen LogP) is 4.26. The van der Waals surface area contributed by atoms with Crippen molar-refractivity contribution in [3.05, 3.63) is 63.7 Å². The standard InChI is InChI=1S/C19H22N2O4/c1-4-5-15-7-10-17(11-8-15)25-14(3)19(22)20-16-9-6-13(2)18(12-16)21(23)24/h6-12,14H,4-5H2,1-3H3,(H,20,22). The molecular weight excluding hydrogens is 320 g/mol. The molecule has 6 heteroatoms. The lowest BCUT2D eigenvalue weighted by Crippen LogP contribution is -2.30. The third-order valence-electron chi connectivity index (χ3n) is 3.82. The van der Waals surface area contributed by atoms with Gasteiger partial charge in [0, 0.05) is 17.3 Å². The van der Waals surface area contributed by atoms with Gasteiger partial charge in [0.2, 0.25) is 0 Å². The number of rotatable bonds is 7. The topological polar surface area (TPSA) is 81.5 Å². The predicted molar refractivity (Wildman–Crippen MR) is 97.0 cm³/mol. The minimum Gasteiger partial charge on any atom is -0.481 e. The van der Waals surface area contributed by atoms with Gasteiger partial charge in [0.1, 0.15) is 5.75 Å². The number of anilines is 1. The molecule has 1 N–H and O–H groups in total. The van der Waals surface area contributed by atoms with E-state index < -0.39 is 11.0 Å². The van der Waals surface area contributed by atoms with Crippen LogP contribution in [-0.4, -0.2) is 16.9 Å². The van der Waals surface area contributed by atoms with Crippen LogP contribution in [0.2, 0.25) is 0 Å². The first-order chi connectivity index (χ1) is 11.9. The average Bonchev–Trinajstić information content (AvgIpc) is 2.58. The van der Waals surface area contributed by atoms with Crippen LogP contribution in [0.1, 0.15) is 31.4 Å². The number of benzene rings is 2. The van der Waals surface area contributed by atoms with Crippen LogP contribution in [0.5, 0.6) is 5.75 Å². The molecule has 132 valence electrons. The van der Waals surface area contributed by atoms with Crippen molar-refractivity contribution in [2.24, 2.45) is 0 Å². The lowest BCUT2D eigenvalue weighted by Gasteiger charge is -2.15. The Morgan fingerprint density at radius 3 is 2.52 bits per heavy atom. The first-order valence-electron chi connectivity index (χ1n) is 8.22. The van der Waals surface area contributed by atoms with E-state index in [0.29, 0.717) is 17.0 Å². The van der Waals surface area contributed by atoms with Crippen LogP contribution in [-0.2, 0) is 11.2 Å². The maximum absolute atomic E-state index is 12.2. The lowest BCUT2D eigenvalue weighted by atomic mass is 10.1. The highest BCUT2D eigenvalue weighted by molar-refractivity contribution is 5.94. The lowest BCUT2D eigenvalue weighted by molar-refractivity contribution is -0.385. The highest BCUT2D eigenvalue weighted by Crippen LogP contribution is 2.22. The first kappa shape index (κ1) is 18.4. The number of carbonyl (C=O) groups excluding carboxylic acids is 1. The minimum absolute atomic E-state index is 0.0297. The van der Waals surface area contributed by atoms with Gasteiger partial charge in [-0.3, -0.25) is 14.9 Å². The minimum atomic E-state index is -0.725. The van der Waals surface area contributed by atoms with Crippen LogP contribution < -0.4 is 10.1 Å². The number of amides is 1. The first-order valence-corrected chi connectivity index (χ1v) is 8.22. The molecule has 2 rings (SSSR count). The highest BCUT2D eigenvalue weighted by atomic mass is 16.6. The monoisotopic (exact) mass is 342 g/mol. The summed E-state index contributed by atoms with van der Waals surface area (Å²) < 4.78 is 5.64. The maximum atomic E-state index is 12.2. The summed E-state index contributed by atoms with van der Waals surface area (Å²) in [6, 6.07) is 12.2. The molecule has 0 saturated heterocycles. The van der Waals surface area contributed by atoms with Crippen molar-refractivity contribution >= 4 is 17.3 Å². The number of nitro benzene ring substituents is 1. The summed E-state index contributed by atoms with van der Waals surface area (Å²) in [5.74, 6) is 0.244. The Bertz CT molecular complexity index is 757. The number of carbonyl (C=O) groups is 1. The average molecular weight is 342 g/mol. The summed E-state index contributed by atoms with van der Waals surface area (Å²) in [5.41, 5.74) is 2.10. The second-order valence-electron chi connectivity index (χ2n) is 5.90. The van der Waals surface area contributed by atoms with E-state index in [1.54, 1.807) is 26.0 Å². The van der Waals surface area contributed by atoms with E-state index in [-0.39, 0.29) is 11.6 Å². The summed E-state index contributed by atoms with van der Waals surface area (Å²) in [6.45, 7) is 5.40. The van der Waals surface area contributed by atoms with Gasteiger partial charge in [0.25, 0.3) is 11.6 Å². The van der Waals surface area contributed by atoms with Gasteiger partial charge in [-0.15, -0.1) is 0 Å². The van der Waals surface area contributed by atoms with Crippen molar-refractivity contribution < 1.29 is 14.5 Å². The molecule has 0 aliphatic carbocycles. The number of hydrogen-bond acceptors (Lipinski definition) is 4. The molecule has 0 spiro atoms. The fourth-order valence-corrected chi connectivity index (χ4v) is 2.41. The number of nitrogens with zero attached hydrogens (tertiary/aromatic N) is 1. The Morgan fingerprint density at radius 1 is 1.24 bits per heavy atom. The summed E-state index contributed by atoms with van der Waals surface area (Å²) in [6.07, 6.45) is 1.35. The molecule has 0 heterocycles. The zero-order chi connectivity index (χ0) is 18.4. The van der Waals surface area contributed by atoms with E-state index in [4.69, 9.17) is 4.74 Å². The zero-order valence-electron chi connectivity index (χ0n) is 14.6. The molecule has 0 fully saturated rings. The Kier molecular flexibility index (Phi) is 6.11. The highest BCUT2D eigenvalue weighted by Gasteiger charge is 2.17. The van der Waals surface area contributed by atoms with Crippen LogP contribution in [0.25, 0.3) is 0 Å². The molecule has 6 nitrogen and oxygen atoms in total. The molecule has 0 saturated carbocycles. The third-order valence-corrected chi connectivity index (χ3v) is 3.82. The Balaban J connectivity index is 2.00. The van der Waals surface area contributed by atoms with Crippen molar-refractivity contribution in [1.29, 1.82) is 0 Å². The van der Waals surface area contributed by atoms with Gasteiger partial charge in [-0.2, -0.15) is 0 Å². The van der Waals surface area contributed by atoms with E-state index in [0.717, 1.165) is 12.8 Å². The molecule has 1 unspecified atom stereocenters. The van der Waals surface area contributed by atoms with E-state index in [9.17, 15) is 14.9 Å². The van der Waals surface area contributed by atoms with Gasteiger partial charge in [0.15, 0.2) is 6.10 Å². The molecule has 0 radical (unpaired) electrons. The number of hydrogen-bond donors (Lipinski definition) is 1. The number of nitro groups is 1. The van der Waals surface area contributed by atoms with E-state index in [2.05, 4.69) is 12.2 Å². The van der Waals surface area contributed by atoms with Gasteiger partial charge < -0.3 is 10.1 Å². The van der Waals surface area contributed by atoms with E-state index in [1.165, 1.54) is 11.6 Å². The summed E-state index contributed by atoms with van der Waals surface area (Å²) in [7, 11) is 0. The quantitative estimate of drug-likeness (QED) is 0.602. The van der Waals surface area contributed by atoms with E-state index in [1.807, 2.05) is 24.3 Å². The molecule has 2 aromatic carbocycles. The van der Waals surface area contributed by atoms with Gasteiger partial charge in [-0.05, 0) is 44.0 Å². The van der Waals surface area contributed by atoms with Crippen LogP contribution in [0, 0.1) is 17.0 Å². The van der Waals surface area contributed by atoms with Gasteiger partial charge in [-0.1, -0.05) is 31.5 Å². The summed E-state index contributed by atoms with van der Waals surface area (Å²) in [5, 5.41) is 13.6. The number of ether oxygens (including phenoxy) is 1. The van der Waals surface area contributed by atoms with Gasteiger partial charge in [0.05, 0.1) is 4.92 Å². The fraction of sp³-hybridized carbons (Fsp3) is 0.316. The fourth-order valence-electron chi connectivity index (χ4n) is 2.41. The molecule has 2 aromatic rings. The summed E-state index contributed by atoms with van der Waals surface area (Å²) in [4.78, 5) is 22.8.